The number of morpholine rings is 1. The summed E-state index contributed by atoms with van der Waals surface area (Å²) in [5.74, 6) is 0.189. The van der Waals surface area contributed by atoms with Gasteiger partial charge in [-0.1, -0.05) is 6.07 Å². The molecule has 3 rings (SSSR count). The summed E-state index contributed by atoms with van der Waals surface area (Å²) in [4.78, 5) is 12.5. The number of rotatable bonds is 6. The summed E-state index contributed by atoms with van der Waals surface area (Å²) in [6.07, 6.45) is 1.90. The minimum absolute atomic E-state index is 0.0396. The molecule has 0 bridgehead atoms. The second-order valence-corrected chi connectivity index (χ2v) is 9.26. The topological polar surface area (TPSA) is 102 Å². The van der Waals surface area contributed by atoms with Gasteiger partial charge in [0.25, 0.3) is 5.91 Å². The van der Waals surface area contributed by atoms with Crippen LogP contribution in [0.5, 0.6) is 0 Å². The highest BCUT2D eigenvalue weighted by Crippen LogP contribution is 2.31. The van der Waals surface area contributed by atoms with Crippen molar-refractivity contribution in [1.82, 2.24) is 9.62 Å². The SMILES string of the molecule is CC1CN(S(=O)(=O)c2cccc(C(=O)NCC(N)C3CC3)c2)CC(C)O1. The fourth-order valence-corrected chi connectivity index (χ4v) is 4.91. The average molecular weight is 381 g/mol. The van der Waals surface area contributed by atoms with Gasteiger partial charge in [-0.05, 0) is 50.8 Å². The molecule has 0 spiro atoms. The quantitative estimate of drug-likeness (QED) is 0.764. The Bertz CT molecular complexity index is 753. The van der Waals surface area contributed by atoms with Gasteiger partial charge in [0.2, 0.25) is 10.0 Å². The minimum atomic E-state index is -3.67. The van der Waals surface area contributed by atoms with Crippen LogP contribution in [0.4, 0.5) is 0 Å². The molecule has 3 unspecified atom stereocenters. The van der Waals surface area contributed by atoms with E-state index in [1.807, 2.05) is 13.8 Å². The smallest absolute Gasteiger partial charge is 0.251 e. The van der Waals surface area contributed by atoms with Gasteiger partial charge >= 0.3 is 0 Å². The molecular formula is C18H27N3O4S. The maximum absolute atomic E-state index is 12.9. The molecule has 7 nitrogen and oxygen atoms in total. The Morgan fingerprint density at radius 3 is 2.58 bits per heavy atom. The van der Waals surface area contributed by atoms with Crippen LogP contribution < -0.4 is 11.1 Å². The second kappa shape index (κ2) is 7.64. The van der Waals surface area contributed by atoms with Crippen LogP contribution in [-0.4, -0.2) is 56.5 Å². The van der Waals surface area contributed by atoms with Gasteiger partial charge in [-0.15, -0.1) is 0 Å². The van der Waals surface area contributed by atoms with Crippen molar-refractivity contribution in [2.24, 2.45) is 11.7 Å². The molecule has 26 heavy (non-hydrogen) atoms. The number of carbonyl (C=O) groups excluding carboxylic acids is 1. The maximum Gasteiger partial charge on any atom is 0.251 e. The van der Waals surface area contributed by atoms with Crippen molar-refractivity contribution in [2.75, 3.05) is 19.6 Å². The molecule has 1 aliphatic heterocycles. The summed E-state index contributed by atoms with van der Waals surface area (Å²) < 4.78 is 32.9. The molecule has 1 amide bonds. The first kappa shape index (κ1) is 19.3. The first-order chi connectivity index (χ1) is 12.3. The number of nitrogens with two attached hydrogens (primary N) is 1. The highest BCUT2D eigenvalue weighted by Gasteiger charge is 2.32. The monoisotopic (exact) mass is 381 g/mol. The van der Waals surface area contributed by atoms with Gasteiger partial charge in [0.05, 0.1) is 17.1 Å². The Morgan fingerprint density at radius 2 is 1.96 bits per heavy atom. The first-order valence-corrected chi connectivity index (χ1v) is 10.5. The van der Waals surface area contributed by atoms with Gasteiger partial charge in [-0.2, -0.15) is 4.31 Å². The molecule has 2 aliphatic rings. The number of sulfonamides is 1. The molecule has 1 aromatic rings. The zero-order valence-corrected chi connectivity index (χ0v) is 16.0. The van der Waals surface area contributed by atoms with E-state index < -0.39 is 10.0 Å². The van der Waals surface area contributed by atoms with Crippen molar-refractivity contribution in [3.8, 4) is 0 Å². The van der Waals surface area contributed by atoms with E-state index in [9.17, 15) is 13.2 Å². The number of ether oxygens (including phenoxy) is 1. The van der Waals surface area contributed by atoms with E-state index >= 15 is 0 Å². The third-order valence-corrected chi connectivity index (χ3v) is 6.67. The van der Waals surface area contributed by atoms with Gasteiger partial charge in [-0.3, -0.25) is 4.79 Å². The number of carbonyl (C=O) groups is 1. The number of hydrogen-bond donors (Lipinski definition) is 2. The molecule has 1 saturated heterocycles. The zero-order valence-electron chi connectivity index (χ0n) is 15.2. The average Bonchev–Trinajstić information content (AvgIpc) is 3.43. The number of nitrogens with one attached hydrogen (secondary N) is 1. The molecule has 0 aromatic heterocycles. The van der Waals surface area contributed by atoms with E-state index in [1.165, 1.54) is 16.4 Å². The second-order valence-electron chi connectivity index (χ2n) is 7.32. The maximum atomic E-state index is 12.9. The van der Waals surface area contributed by atoms with Crippen molar-refractivity contribution in [3.63, 3.8) is 0 Å². The number of hydrogen-bond acceptors (Lipinski definition) is 5. The predicted octanol–water partition coefficient (Wildman–Crippen LogP) is 0.952. The molecular weight excluding hydrogens is 354 g/mol. The molecule has 8 heteroatoms. The lowest BCUT2D eigenvalue weighted by atomic mass is 10.2. The van der Waals surface area contributed by atoms with Gasteiger partial charge in [0, 0.05) is 31.2 Å². The van der Waals surface area contributed by atoms with Crippen LogP contribution in [0.3, 0.4) is 0 Å². The van der Waals surface area contributed by atoms with Crippen LogP contribution in [0.25, 0.3) is 0 Å². The van der Waals surface area contributed by atoms with Crippen LogP contribution in [0.2, 0.25) is 0 Å². The van der Waals surface area contributed by atoms with Crippen molar-refractivity contribution < 1.29 is 17.9 Å². The van der Waals surface area contributed by atoms with E-state index in [2.05, 4.69) is 5.32 Å². The van der Waals surface area contributed by atoms with Crippen LogP contribution in [0, 0.1) is 5.92 Å². The Balaban J connectivity index is 1.72. The van der Waals surface area contributed by atoms with Gasteiger partial charge in [0.1, 0.15) is 0 Å². The minimum Gasteiger partial charge on any atom is -0.373 e. The fraction of sp³-hybridized carbons (Fsp3) is 0.611. The Labute approximate surface area is 154 Å². The Hall–Kier alpha value is -1.48. The number of benzene rings is 1. The van der Waals surface area contributed by atoms with Crippen molar-refractivity contribution >= 4 is 15.9 Å². The van der Waals surface area contributed by atoms with Gasteiger partial charge in [0.15, 0.2) is 0 Å². The van der Waals surface area contributed by atoms with Crippen LogP contribution >= 0.6 is 0 Å². The number of nitrogens with zero attached hydrogens (tertiary/aromatic N) is 1. The zero-order chi connectivity index (χ0) is 18.9. The molecule has 0 radical (unpaired) electrons. The molecule has 3 atom stereocenters. The van der Waals surface area contributed by atoms with Crippen molar-refractivity contribution in [3.05, 3.63) is 29.8 Å². The summed E-state index contributed by atoms with van der Waals surface area (Å²) in [5, 5.41) is 2.80. The lowest BCUT2D eigenvalue weighted by molar-refractivity contribution is -0.0440. The lowest BCUT2D eigenvalue weighted by Gasteiger charge is -2.34. The van der Waals surface area contributed by atoms with Crippen LogP contribution in [0.1, 0.15) is 37.0 Å². The standard InChI is InChI=1S/C18H27N3O4S/c1-12-10-21(11-13(2)25-12)26(23,24)16-5-3-4-15(8-16)18(22)20-9-17(19)14-6-7-14/h3-5,8,12-14,17H,6-7,9-11,19H2,1-2H3,(H,20,22). The first-order valence-electron chi connectivity index (χ1n) is 9.07. The molecule has 1 heterocycles. The predicted molar refractivity (Wildman–Crippen MR) is 98.2 cm³/mol. The van der Waals surface area contributed by atoms with E-state index in [0.29, 0.717) is 31.1 Å². The van der Waals surface area contributed by atoms with Crippen molar-refractivity contribution in [1.29, 1.82) is 0 Å². The Kier molecular flexibility index (Phi) is 5.67. The van der Waals surface area contributed by atoms with E-state index in [4.69, 9.17) is 10.5 Å². The molecule has 1 aliphatic carbocycles. The summed E-state index contributed by atoms with van der Waals surface area (Å²) in [7, 11) is -3.67. The lowest BCUT2D eigenvalue weighted by Crippen LogP contribution is -2.48. The highest BCUT2D eigenvalue weighted by molar-refractivity contribution is 7.89. The molecule has 3 N–H and O–H groups in total. The molecule has 2 fully saturated rings. The fourth-order valence-electron chi connectivity index (χ4n) is 3.28. The van der Waals surface area contributed by atoms with Gasteiger partial charge < -0.3 is 15.8 Å². The Morgan fingerprint density at radius 1 is 1.31 bits per heavy atom. The van der Waals surface area contributed by atoms with Crippen LogP contribution in [-0.2, 0) is 14.8 Å². The number of amides is 1. The molecule has 1 aromatic carbocycles. The summed E-state index contributed by atoms with van der Waals surface area (Å²) in [6.45, 7) is 4.72. The summed E-state index contributed by atoms with van der Waals surface area (Å²) >= 11 is 0. The largest absolute Gasteiger partial charge is 0.373 e. The van der Waals surface area contributed by atoms with E-state index in [1.54, 1.807) is 12.1 Å². The van der Waals surface area contributed by atoms with Crippen LogP contribution in [0.15, 0.2) is 29.2 Å². The third kappa shape index (κ3) is 4.43. The summed E-state index contributed by atoms with van der Waals surface area (Å²) in [5.41, 5.74) is 6.32. The van der Waals surface area contributed by atoms with E-state index in [0.717, 1.165) is 12.8 Å². The highest BCUT2D eigenvalue weighted by atomic mass is 32.2. The van der Waals surface area contributed by atoms with Gasteiger partial charge in [-0.25, -0.2) is 8.42 Å². The third-order valence-electron chi connectivity index (χ3n) is 4.85. The molecule has 144 valence electrons. The van der Waals surface area contributed by atoms with E-state index in [-0.39, 0.29) is 29.1 Å². The van der Waals surface area contributed by atoms with Crippen molar-refractivity contribution in [2.45, 2.75) is 49.8 Å². The summed E-state index contributed by atoms with van der Waals surface area (Å²) in [6, 6.07) is 6.12. The normalized spacial score (nSPS) is 25.7. The molecule has 1 saturated carbocycles.